The molecule has 1 aromatic carbocycles. The number of benzene rings is 1. The Bertz CT molecular complexity index is 1070. The zero-order valence-electron chi connectivity index (χ0n) is 19.8. The number of rotatable bonds is 9. The molecule has 0 amide bonds. The Labute approximate surface area is 195 Å². The molecule has 1 saturated heterocycles. The number of carbonyl (C=O) groups excluding carboxylic acids is 1. The molecular formula is C27H32N2O4. The van der Waals surface area contributed by atoms with Crippen LogP contribution in [0.5, 0.6) is 11.6 Å². The minimum absolute atomic E-state index is 0.0981. The van der Waals surface area contributed by atoms with Crippen molar-refractivity contribution in [2.24, 2.45) is 0 Å². The average molecular weight is 449 g/mol. The predicted octanol–water partition coefficient (Wildman–Crippen LogP) is 5.80. The summed E-state index contributed by atoms with van der Waals surface area (Å²) in [6.07, 6.45) is 4.99. The number of hydrogen-bond donors (Lipinski definition) is 0. The molecule has 2 aromatic heterocycles. The average Bonchev–Trinajstić information content (AvgIpc) is 3.43. The van der Waals surface area contributed by atoms with Crippen molar-refractivity contribution < 1.29 is 18.7 Å². The van der Waals surface area contributed by atoms with Crippen LogP contribution in [0.1, 0.15) is 61.2 Å². The molecule has 0 N–H and O–H groups in total. The molecule has 3 heterocycles. The molecule has 1 aliphatic rings. The maximum absolute atomic E-state index is 12.5. The van der Waals surface area contributed by atoms with Crippen LogP contribution < -0.4 is 14.4 Å². The van der Waals surface area contributed by atoms with E-state index in [1.54, 1.807) is 18.5 Å². The molecule has 1 fully saturated rings. The van der Waals surface area contributed by atoms with Gasteiger partial charge in [0.1, 0.15) is 17.6 Å². The van der Waals surface area contributed by atoms with E-state index >= 15 is 0 Å². The van der Waals surface area contributed by atoms with Crippen LogP contribution >= 0.6 is 0 Å². The van der Waals surface area contributed by atoms with E-state index in [-0.39, 0.29) is 23.9 Å². The van der Waals surface area contributed by atoms with E-state index in [0.29, 0.717) is 23.6 Å². The molecule has 6 nitrogen and oxygen atoms in total. The van der Waals surface area contributed by atoms with Crippen LogP contribution in [0.3, 0.4) is 0 Å². The summed E-state index contributed by atoms with van der Waals surface area (Å²) in [5, 5.41) is 0. The van der Waals surface area contributed by atoms with Gasteiger partial charge in [-0.1, -0.05) is 19.1 Å². The SMILES string of the molecule is Cc1occc1C(=O)C[C@@H](C)c1ccc(OC2CCN(c3ccnc(OC(C)C)c3)C2)cc1. The van der Waals surface area contributed by atoms with E-state index in [1.807, 2.05) is 45.0 Å². The number of furan rings is 1. The number of ether oxygens (including phenoxy) is 2. The molecule has 0 aliphatic carbocycles. The lowest BCUT2D eigenvalue weighted by Gasteiger charge is -2.20. The van der Waals surface area contributed by atoms with Crippen LogP contribution in [0, 0.1) is 6.92 Å². The molecule has 0 bridgehead atoms. The molecule has 33 heavy (non-hydrogen) atoms. The lowest BCUT2D eigenvalue weighted by molar-refractivity contribution is 0.0974. The number of ketones is 1. The fourth-order valence-corrected chi connectivity index (χ4v) is 4.21. The van der Waals surface area contributed by atoms with Gasteiger partial charge in [0.05, 0.1) is 24.5 Å². The Morgan fingerprint density at radius 1 is 1.18 bits per heavy atom. The lowest BCUT2D eigenvalue weighted by atomic mass is 9.93. The molecule has 0 radical (unpaired) electrons. The number of pyridine rings is 1. The third-order valence-electron chi connectivity index (χ3n) is 5.99. The fraction of sp³-hybridized carbons (Fsp3) is 0.407. The van der Waals surface area contributed by atoms with Crippen LogP contribution in [0.25, 0.3) is 0 Å². The molecule has 174 valence electrons. The van der Waals surface area contributed by atoms with Gasteiger partial charge in [0.2, 0.25) is 5.88 Å². The Morgan fingerprint density at radius 3 is 2.67 bits per heavy atom. The van der Waals surface area contributed by atoms with Crippen LogP contribution in [-0.2, 0) is 0 Å². The number of aryl methyl sites for hydroxylation is 1. The first-order chi connectivity index (χ1) is 15.9. The highest BCUT2D eigenvalue weighted by molar-refractivity contribution is 5.97. The van der Waals surface area contributed by atoms with Gasteiger partial charge in [-0.15, -0.1) is 0 Å². The summed E-state index contributed by atoms with van der Waals surface area (Å²) < 4.78 is 17.2. The highest BCUT2D eigenvalue weighted by Gasteiger charge is 2.25. The van der Waals surface area contributed by atoms with E-state index in [2.05, 4.69) is 28.9 Å². The van der Waals surface area contributed by atoms with Gasteiger partial charge in [0.25, 0.3) is 0 Å². The summed E-state index contributed by atoms with van der Waals surface area (Å²) in [5.74, 6) is 2.42. The van der Waals surface area contributed by atoms with Gasteiger partial charge in [-0.3, -0.25) is 4.79 Å². The van der Waals surface area contributed by atoms with Gasteiger partial charge >= 0.3 is 0 Å². The lowest BCUT2D eigenvalue weighted by Crippen LogP contribution is -2.24. The summed E-state index contributed by atoms with van der Waals surface area (Å²) in [7, 11) is 0. The van der Waals surface area contributed by atoms with Gasteiger partial charge in [-0.05, 0) is 56.5 Å². The van der Waals surface area contributed by atoms with Gasteiger partial charge in [-0.2, -0.15) is 0 Å². The van der Waals surface area contributed by atoms with Crippen molar-refractivity contribution >= 4 is 11.5 Å². The Kier molecular flexibility index (Phi) is 7.02. The van der Waals surface area contributed by atoms with E-state index in [0.717, 1.165) is 36.5 Å². The van der Waals surface area contributed by atoms with E-state index in [1.165, 1.54) is 0 Å². The fourth-order valence-electron chi connectivity index (χ4n) is 4.21. The number of hydrogen-bond acceptors (Lipinski definition) is 6. The molecule has 1 unspecified atom stereocenters. The predicted molar refractivity (Wildman–Crippen MR) is 128 cm³/mol. The van der Waals surface area contributed by atoms with Crippen molar-refractivity contribution in [3.63, 3.8) is 0 Å². The Hall–Kier alpha value is -3.28. The topological polar surface area (TPSA) is 64.8 Å². The van der Waals surface area contributed by atoms with Gasteiger partial charge < -0.3 is 18.8 Å². The Morgan fingerprint density at radius 2 is 1.97 bits per heavy atom. The molecule has 0 spiro atoms. The van der Waals surface area contributed by atoms with Crippen LogP contribution in [0.15, 0.2) is 59.3 Å². The number of aromatic nitrogens is 1. The number of Topliss-reactive ketones (excluding diaryl/α,β-unsaturated/α-hetero) is 1. The summed E-state index contributed by atoms with van der Waals surface area (Å²) in [6, 6.07) is 13.9. The number of anilines is 1. The summed E-state index contributed by atoms with van der Waals surface area (Å²) >= 11 is 0. The second-order valence-corrected chi connectivity index (χ2v) is 8.98. The minimum Gasteiger partial charge on any atom is -0.489 e. The second kappa shape index (κ2) is 10.1. The quantitative estimate of drug-likeness (QED) is 0.385. The first-order valence-corrected chi connectivity index (χ1v) is 11.6. The van der Waals surface area contributed by atoms with E-state index in [4.69, 9.17) is 13.9 Å². The molecule has 1 aliphatic heterocycles. The third kappa shape index (κ3) is 5.75. The highest BCUT2D eigenvalue weighted by atomic mass is 16.5. The molecular weight excluding hydrogens is 416 g/mol. The number of nitrogens with zero attached hydrogens (tertiary/aromatic N) is 2. The van der Waals surface area contributed by atoms with Crippen LogP contribution in [0.2, 0.25) is 0 Å². The first-order valence-electron chi connectivity index (χ1n) is 11.6. The minimum atomic E-state index is 0.0981. The van der Waals surface area contributed by atoms with Crippen LogP contribution in [0.4, 0.5) is 5.69 Å². The van der Waals surface area contributed by atoms with Crippen molar-refractivity contribution in [1.29, 1.82) is 0 Å². The van der Waals surface area contributed by atoms with Crippen molar-refractivity contribution in [2.45, 2.75) is 58.7 Å². The van der Waals surface area contributed by atoms with Gasteiger partial charge in [0, 0.05) is 37.3 Å². The summed E-state index contributed by atoms with van der Waals surface area (Å²) in [5.41, 5.74) is 2.90. The zero-order chi connectivity index (χ0) is 23.4. The smallest absolute Gasteiger partial charge is 0.215 e. The number of carbonyl (C=O) groups is 1. The summed E-state index contributed by atoms with van der Waals surface area (Å²) in [4.78, 5) is 19.1. The zero-order valence-corrected chi connectivity index (χ0v) is 19.8. The summed E-state index contributed by atoms with van der Waals surface area (Å²) in [6.45, 7) is 9.64. The van der Waals surface area contributed by atoms with E-state index in [9.17, 15) is 4.79 Å². The van der Waals surface area contributed by atoms with Gasteiger partial charge in [0.15, 0.2) is 5.78 Å². The van der Waals surface area contributed by atoms with Crippen molar-refractivity contribution in [2.75, 3.05) is 18.0 Å². The molecule has 2 atom stereocenters. The monoisotopic (exact) mass is 448 g/mol. The molecule has 4 rings (SSSR count). The first kappa shape index (κ1) is 22.9. The normalized spacial score (nSPS) is 16.8. The highest BCUT2D eigenvalue weighted by Crippen LogP contribution is 2.28. The Balaban J connectivity index is 1.31. The van der Waals surface area contributed by atoms with Crippen molar-refractivity contribution in [3.05, 3.63) is 71.8 Å². The maximum atomic E-state index is 12.5. The second-order valence-electron chi connectivity index (χ2n) is 8.98. The molecule has 0 saturated carbocycles. The van der Waals surface area contributed by atoms with Crippen molar-refractivity contribution in [3.8, 4) is 11.6 Å². The largest absolute Gasteiger partial charge is 0.489 e. The van der Waals surface area contributed by atoms with E-state index < -0.39 is 0 Å². The molecule has 6 heteroatoms. The molecule has 3 aromatic rings. The van der Waals surface area contributed by atoms with Gasteiger partial charge in [-0.25, -0.2) is 4.98 Å². The standard InChI is InChI=1S/C27H32N2O4/c1-18(2)32-27-16-22(9-12-28-27)29-13-10-24(17-29)33-23-7-5-21(6-8-23)19(3)15-26(30)25-11-14-31-20(25)4/h5-9,11-12,14,16,18-19,24H,10,13,15,17H2,1-4H3/t19-,24?/m1/s1. The van der Waals surface area contributed by atoms with Crippen LogP contribution in [-0.4, -0.2) is 36.1 Å². The van der Waals surface area contributed by atoms with Crippen molar-refractivity contribution in [1.82, 2.24) is 4.98 Å². The third-order valence-corrected chi connectivity index (χ3v) is 5.99. The maximum Gasteiger partial charge on any atom is 0.215 e.